The topological polar surface area (TPSA) is 62.9 Å². The van der Waals surface area contributed by atoms with Gasteiger partial charge in [0, 0.05) is 32.6 Å². The Labute approximate surface area is 99.4 Å². The van der Waals surface area contributed by atoms with Gasteiger partial charge in [0.15, 0.2) is 5.82 Å². The van der Waals surface area contributed by atoms with E-state index in [1.807, 2.05) is 11.0 Å². The number of hydrogen-bond donors (Lipinski definition) is 1. The van der Waals surface area contributed by atoms with Crippen molar-refractivity contribution in [3.8, 4) is 0 Å². The molecule has 0 fully saturated rings. The summed E-state index contributed by atoms with van der Waals surface area (Å²) in [4.78, 5) is 6.34. The molecule has 0 saturated carbocycles. The first-order chi connectivity index (χ1) is 8.36. The van der Waals surface area contributed by atoms with Gasteiger partial charge in [-0.15, -0.1) is 0 Å². The zero-order valence-corrected chi connectivity index (χ0v) is 9.78. The van der Waals surface area contributed by atoms with Crippen LogP contribution in [0.25, 0.3) is 5.52 Å². The molecule has 17 heavy (non-hydrogen) atoms. The first-order valence-corrected chi connectivity index (χ1v) is 5.50. The van der Waals surface area contributed by atoms with Crippen molar-refractivity contribution in [1.82, 2.24) is 14.6 Å². The van der Waals surface area contributed by atoms with E-state index in [1.165, 1.54) is 0 Å². The van der Waals surface area contributed by atoms with Crippen molar-refractivity contribution in [2.75, 3.05) is 38.3 Å². The molecule has 0 amide bonds. The molecule has 0 bridgehead atoms. The quantitative estimate of drug-likeness (QED) is 0.775. The van der Waals surface area contributed by atoms with Crippen LogP contribution >= 0.6 is 0 Å². The van der Waals surface area contributed by atoms with Gasteiger partial charge in [0.05, 0.1) is 19.4 Å². The van der Waals surface area contributed by atoms with E-state index in [1.54, 1.807) is 30.2 Å². The summed E-state index contributed by atoms with van der Waals surface area (Å²) in [6.07, 6.45) is 5.23. The lowest BCUT2D eigenvalue weighted by atomic mass is 10.4. The minimum absolute atomic E-state index is 0.0839. The first-order valence-electron chi connectivity index (χ1n) is 5.50. The highest BCUT2D eigenvalue weighted by Crippen LogP contribution is 2.17. The molecule has 0 atom stereocenters. The molecular formula is C11H16N4O2. The van der Waals surface area contributed by atoms with Crippen molar-refractivity contribution in [3.63, 3.8) is 0 Å². The molecule has 0 radical (unpaired) electrons. The minimum Gasteiger partial charge on any atom is -0.395 e. The summed E-state index contributed by atoms with van der Waals surface area (Å²) in [6, 6.07) is 1.90. The van der Waals surface area contributed by atoms with E-state index in [9.17, 15) is 0 Å². The fourth-order valence-electron chi connectivity index (χ4n) is 1.73. The van der Waals surface area contributed by atoms with Gasteiger partial charge in [-0.05, 0) is 6.07 Å². The van der Waals surface area contributed by atoms with Crippen LogP contribution in [-0.2, 0) is 4.74 Å². The monoisotopic (exact) mass is 236 g/mol. The number of hydrogen-bond acceptors (Lipinski definition) is 5. The van der Waals surface area contributed by atoms with Crippen LogP contribution in [0, 0.1) is 0 Å². The standard InChI is InChI=1S/C11H16N4O2/c1-17-9-7-14(6-8-16)11-10-2-3-13-15(10)5-4-12-11/h2-5,16H,6-9H2,1H3. The van der Waals surface area contributed by atoms with E-state index in [0.717, 1.165) is 11.3 Å². The summed E-state index contributed by atoms with van der Waals surface area (Å²) >= 11 is 0. The Kier molecular flexibility index (Phi) is 3.89. The van der Waals surface area contributed by atoms with Gasteiger partial charge in [0.2, 0.25) is 0 Å². The molecular weight excluding hydrogens is 220 g/mol. The van der Waals surface area contributed by atoms with Gasteiger partial charge >= 0.3 is 0 Å². The Morgan fingerprint density at radius 3 is 3.06 bits per heavy atom. The third-order valence-electron chi connectivity index (χ3n) is 2.54. The molecule has 0 saturated heterocycles. The molecule has 0 aliphatic carbocycles. The average Bonchev–Trinajstić information content (AvgIpc) is 2.82. The summed E-state index contributed by atoms with van der Waals surface area (Å²) < 4.78 is 6.82. The van der Waals surface area contributed by atoms with E-state index in [2.05, 4.69) is 10.1 Å². The SMILES string of the molecule is COCCN(CCO)c1nccn2nccc12. The van der Waals surface area contributed by atoms with E-state index < -0.39 is 0 Å². The smallest absolute Gasteiger partial charge is 0.154 e. The fraction of sp³-hybridized carbons (Fsp3) is 0.455. The molecule has 0 spiro atoms. The molecule has 0 unspecified atom stereocenters. The van der Waals surface area contributed by atoms with Crippen LogP contribution in [0.3, 0.4) is 0 Å². The normalized spacial score (nSPS) is 10.9. The largest absolute Gasteiger partial charge is 0.395 e. The fourth-order valence-corrected chi connectivity index (χ4v) is 1.73. The average molecular weight is 236 g/mol. The van der Waals surface area contributed by atoms with Gasteiger partial charge in [-0.1, -0.05) is 0 Å². The van der Waals surface area contributed by atoms with Crippen LogP contribution in [0.15, 0.2) is 24.7 Å². The summed E-state index contributed by atoms with van der Waals surface area (Å²) in [5.41, 5.74) is 0.928. The number of fused-ring (bicyclic) bond motifs is 1. The first kappa shape index (κ1) is 11.8. The zero-order valence-electron chi connectivity index (χ0n) is 9.78. The second kappa shape index (κ2) is 5.60. The number of nitrogens with zero attached hydrogens (tertiary/aromatic N) is 4. The van der Waals surface area contributed by atoms with Gasteiger partial charge in [0.1, 0.15) is 5.52 Å². The van der Waals surface area contributed by atoms with Crippen molar-refractivity contribution in [2.24, 2.45) is 0 Å². The summed E-state index contributed by atoms with van der Waals surface area (Å²) in [5, 5.41) is 13.2. The van der Waals surface area contributed by atoms with E-state index in [-0.39, 0.29) is 6.61 Å². The van der Waals surface area contributed by atoms with Gasteiger partial charge < -0.3 is 14.7 Å². The lowest BCUT2D eigenvalue weighted by Crippen LogP contribution is -2.31. The molecule has 2 rings (SSSR count). The maximum atomic E-state index is 9.09. The van der Waals surface area contributed by atoms with Crippen molar-refractivity contribution in [3.05, 3.63) is 24.7 Å². The summed E-state index contributed by atoms with van der Waals surface area (Å²) in [6.45, 7) is 1.90. The second-order valence-electron chi connectivity index (χ2n) is 3.62. The number of aromatic nitrogens is 3. The molecule has 6 nitrogen and oxygen atoms in total. The van der Waals surface area contributed by atoms with Crippen LogP contribution < -0.4 is 4.90 Å². The van der Waals surface area contributed by atoms with Crippen molar-refractivity contribution < 1.29 is 9.84 Å². The van der Waals surface area contributed by atoms with Gasteiger partial charge in [-0.2, -0.15) is 5.10 Å². The molecule has 0 aliphatic heterocycles. The number of aliphatic hydroxyl groups is 1. The molecule has 0 aliphatic rings. The molecule has 92 valence electrons. The van der Waals surface area contributed by atoms with E-state index in [0.29, 0.717) is 19.7 Å². The summed E-state index contributed by atoms with van der Waals surface area (Å²) in [5.74, 6) is 0.816. The maximum absolute atomic E-state index is 9.09. The highest BCUT2D eigenvalue weighted by molar-refractivity contribution is 5.68. The van der Waals surface area contributed by atoms with Crippen LogP contribution in [0.1, 0.15) is 0 Å². The predicted molar refractivity (Wildman–Crippen MR) is 64.2 cm³/mol. The Morgan fingerprint density at radius 1 is 1.41 bits per heavy atom. The predicted octanol–water partition coefficient (Wildman–Crippen LogP) is 0.174. The van der Waals surface area contributed by atoms with Crippen molar-refractivity contribution in [1.29, 1.82) is 0 Å². The van der Waals surface area contributed by atoms with Crippen molar-refractivity contribution >= 4 is 11.3 Å². The van der Waals surface area contributed by atoms with E-state index in [4.69, 9.17) is 9.84 Å². The van der Waals surface area contributed by atoms with Crippen LogP contribution in [-0.4, -0.2) is 53.1 Å². The number of ether oxygens (including phenoxy) is 1. The second-order valence-corrected chi connectivity index (χ2v) is 3.62. The van der Waals surface area contributed by atoms with Gasteiger partial charge in [-0.3, -0.25) is 0 Å². The number of anilines is 1. The number of methoxy groups -OCH3 is 1. The molecule has 6 heteroatoms. The Morgan fingerprint density at radius 2 is 2.29 bits per heavy atom. The maximum Gasteiger partial charge on any atom is 0.154 e. The highest BCUT2D eigenvalue weighted by atomic mass is 16.5. The van der Waals surface area contributed by atoms with Gasteiger partial charge in [0.25, 0.3) is 0 Å². The minimum atomic E-state index is 0.0839. The zero-order chi connectivity index (χ0) is 12.1. The Bertz CT molecular complexity index is 471. The third kappa shape index (κ3) is 2.54. The van der Waals surface area contributed by atoms with Crippen LogP contribution in [0.4, 0.5) is 5.82 Å². The molecule has 2 aromatic rings. The molecule has 2 aromatic heterocycles. The molecule has 2 heterocycles. The Hall–Kier alpha value is -1.66. The molecule has 0 aromatic carbocycles. The van der Waals surface area contributed by atoms with Crippen molar-refractivity contribution in [2.45, 2.75) is 0 Å². The van der Waals surface area contributed by atoms with E-state index >= 15 is 0 Å². The van der Waals surface area contributed by atoms with Crippen LogP contribution in [0.5, 0.6) is 0 Å². The number of aliphatic hydroxyl groups excluding tert-OH is 1. The highest BCUT2D eigenvalue weighted by Gasteiger charge is 2.11. The third-order valence-corrected chi connectivity index (χ3v) is 2.54. The van der Waals surface area contributed by atoms with Gasteiger partial charge in [-0.25, -0.2) is 9.50 Å². The lowest BCUT2D eigenvalue weighted by molar-refractivity contribution is 0.202. The Balaban J connectivity index is 2.30. The summed E-state index contributed by atoms with van der Waals surface area (Å²) in [7, 11) is 1.66. The lowest BCUT2D eigenvalue weighted by Gasteiger charge is -2.22. The van der Waals surface area contributed by atoms with Crippen LogP contribution in [0.2, 0.25) is 0 Å². The number of rotatable bonds is 6. The molecule has 1 N–H and O–H groups in total.